The first-order chi connectivity index (χ1) is 11.2. The van der Waals surface area contributed by atoms with Gasteiger partial charge in [-0.15, -0.1) is 11.3 Å². The smallest absolute Gasteiger partial charge is 0.263 e. The zero-order chi connectivity index (χ0) is 18.0. The molecule has 2 aromatic heterocycles. The van der Waals surface area contributed by atoms with Crippen LogP contribution in [0, 0.1) is 13.8 Å². The monoisotopic (exact) mass is 351 g/mol. The van der Waals surface area contributed by atoms with Crippen LogP contribution in [0.25, 0.3) is 10.2 Å². The Kier molecular flexibility index (Phi) is 5.35. The van der Waals surface area contributed by atoms with Gasteiger partial charge in [-0.05, 0) is 33.5 Å². The van der Waals surface area contributed by atoms with Crippen LogP contribution in [0.4, 0.5) is 0 Å². The molecular weight excluding hydrogens is 330 g/mol. The van der Waals surface area contributed by atoms with Gasteiger partial charge in [-0.25, -0.2) is 4.98 Å². The molecule has 0 aromatic carbocycles. The van der Waals surface area contributed by atoms with E-state index in [1.54, 1.807) is 0 Å². The Morgan fingerprint density at radius 3 is 2.50 bits per heavy atom. The van der Waals surface area contributed by atoms with E-state index in [0.29, 0.717) is 22.6 Å². The number of nitrogens with one attached hydrogen (secondary N) is 2. The minimum Gasteiger partial charge on any atom is -0.302 e. The molecule has 0 aliphatic heterocycles. The maximum absolute atomic E-state index is 12.9. The number of hydrazine groups is 1. The van der Waals surface area contributed by atoms with Crippen molar-refractivity contribution in [3.05, 3.63) is 26.6 Å². The molecule has 2 amide bonds. The predicted octanol–water partition coefficient (Wildman–Crippen LogP) is 0.304. The van der Waals surface area contributed by atoms with E-state index in [4.69, 9.17) is 0 Å². The van der Waals surface area contributed by atoms with Crippen LogP contribution in [-0.4, -0.2) is 40.4 Å². The number of amides is 2. The molecule has 24 heavy (non-hydrogen) atoms. The summed E-state index contributed by atoms with van der Waals surface area (Å²) in [6, 6.07) is 0. The van der Waals surface area contributed by atoms with Gasteiger partial charge in [0.1, 0.15) is 17.2 Å². The highest BCUT2D eigenvalue weighted by Gasteiger charge is 2.18. The third-order valence-corrected chi connectivity index (χ3v) is 4.61. The molecule has 2 heterocycles. The molecule has 0 saturated heterocycles. The van der Waals surface area contributed by atoms with E-state index in [2.05, 4.69) is 15.8 Å². The summed E-state index contributed by atoms with van der Waals surface area (Å²) in [6.07, 6.45) is 0. The minimum atomic E-state index is -0.488. The summed E-state index contributed by atoms with van der Waals surface area (Å²) in [5, 5.41) is 0.548. The second-order valence-corrected chi connectivity index (χ2v) is 7.05. The second kappa shape index (κ2) is 7.10. The fraction of sp³-hybridized carbons (Fsp3) is 0.467. The van der Waals surface area contributed by atoms with Crippen molar-refractivity contribution in [2.45, 2.75) is 33.9 Å². The number of fused-ring (bicyclic) bond motifs is 1. The molecule has 0 fully saturated rings. The van der Waals surface area contributed by atoms with Gasteiger partial charge in [-0.3, -0.25) is 29.8 Å². The fourth-order valence-electron chi connectivity index (χ4n) is 2.28. The number of hydrogen-bond donors (Lipinski definition) is 2. The van der Waals surface area contributed by atoms with Crippen molar-refractivity contribution in [2.75, 3.05) is 14.1 Å². The molecule has 130 valence electrons. The van der Waals surface area contributed by atoms with Crippen molar-refractivity contribution in [2.24, 2.45) is 0 Å². The van der Waals surface area contributed by atoms with Crippen molar-refractivity contribution >= 4 is 33.4 Å². The summed E-state index contributed by atoms with van der Waals surface area (Å²) in [5.41, 5.74) is 5.13. The summed E-state index contributed by atoms with van der Waals surface area (Å²) in [6.45, 7) is 5.33. The molecular formula is C15H21N5O3S. The van der Waals surface area contributed by atoms with Crippen molar-refractivity contribution in [1.82, 2.24) is 25.3 Å². The molecule has 0 aliphatic rings. The van der Waals surface area contributed by atoms with E-state index in [1.165, 1.54) is 22.8 Å². The predicted molar refractivity (Wildman–Crippen MR) is 92.7 cm³/mol. The first-order valence-electron chi connectivity index (χ1n) is 7.40. The highest BCUT2D eigenvalue weighted by molar-refractivity contribution is 7.18. The normalized spacial score (nSPS) is 11.1. The molecule has 0 aliphatic carbocycles. The first kappa shape index (κ1) is 18.1. The van der Waals surface area contributed by atoms with Gasteiger partial charge in [0.05, 0.1) is 11.9 Å². The average molecular weight is 351 g/mol. The van der Waals surface area contributed by atoms with Crippen LogP contribution in [0.3, 0.4) is 0 Å². The van der Waals surface area contributed by atoms with E-state index in [0.717, 1.165) is 10.4 Å². The summed E-state index contributed by atoms with van der Waals surface area (Å²) >= 11 is 1.48. The van der Waals surface area contributed by atoms with E-state index >= 15 is 0 Å². The van der Waals surface area contributed by atoms with E-state index in [1.807, 2.05) is 32.8 Å². The van der Waals surface area contributed by atoms with Gasteiger partial charge < -0.3 is 4.90 Å². The summed E-state index contributed by atoms with van der Waals surface area (Å²) < 4.78 is 1.36. The van der Waals surface area contributed by atoms with Crippen LogP contribution in [0.2, 0.25) is 0 Å². The summed E-state index contributed by atoms with van der Waals surface area (Å²) in [5.74, 6) is -0.364. The molecule has 2 aromatic rings. The number of hydrogen-bond acceptors (Lipinski definition) is 6. The Hall–Kier alpha value is -2.26. The molecule has 0 unspecified atom stereocenters. The molecule has 0 radical (unpaired) electrons. The van der Waals surface area contributed by atoms with Gasteiger partial charge in [-0.2, -0.15) is 0 Å². The maximum Gasteiger partial charge on any atom is 0.263 e. The number of rotatable bonds is 4. The Balaban J connectivity index is 2.50. The van der Waals surface area contributed by atoms with Crippen molar-refractivity contribution < 1.29 is 9.59 Å². The first-order valence-corrected chi connectivity index (χ1v) is 8.22. The zero-order valence-corrected chi connectivity index (χ0v) is 15.2. The standard InChI is InChI=1S/C15H21N5O3S/c1-8-9(2)24-14-13(8)15(23)20(11(16-14)6-19(4)5)7-12(22)18-17-10(3)21/h6-7H2,1-5H3,(H,17,21)(H,18,22). The SMILES string of the molecule is CC(=O)NNC(=O)Cn1c(CN(C)C)nc2sc(C)c(C)c2c1=O. The number of thiophene rings is 1. The Morgan fingerprint density at radius 1 is 1.25 bits per heavy atom. The highest BCUT2D eigenvalue weighted by Crippen LogP contribution is 2.26. The largest absolute Gasteiger partial charge is 0.302 e. The lowest BCUT2D eigenvalue weighted by atomic mass is 10.2. The minimum absolute atomic E-state index is 0.209. The van der Waals surface area contributed by atoms with Gasteiger partial charge in [0.2, 0.25) is 5.91 Å². The molecule has 8 nitrogen and oxygen atoms in total. The van der Waals surface area contributed by atoms with Crippen LogP contribution in [0.5, 0.6) is 0 Å². The van der Waals surface area contributed by atoms with Gasteiger partial charge in [0.25, 0.3) is 11.5 Å². The molecule has 0 bridgehead atoms. The second-order valence-electron chi connectivity index (χ2n) is 5.85. The van der Waals surface area contributed by atoms with Crippen molar-refractivity contribution in [3.63, 3.8) is 0 Å². The number of aryl methyl sites for hydroxylation is 2. The Morgan fingerprint density at radius 2 is 1.92 bits per heavy atom. The third kappa shape index (κ3) is 3.80. The van der Waals surface area contributed by atoms with Crippen LogP contribution >= 0.6 is 11.3 Å². The third-order valence-electron chi connectivity index (χ3n) is 3.51. The lowest BCUT2D eigenvalue weighted by Gasteiger charge is -2.15. The zero-order valence-electron chi connectivity index (χ0n) is 14.4. The lowest BCUT2D eigenvalue weighted by Crippen LogP contribution is -2.44. The fourth-order valence-corrected chi connectivity index (χ4v) is 3.32. The van der Waals surface area contributed by atoms with Gasteiger partial charge in [0, 0.05) is 11.8 Å². The van der Waals surface area contributed by atoms with Crippen LogP contribution < -0.4 is 16.4 Å². The van der Waals surface area contributed by atoms with E-state index in [-0.39, 0.29) is 18.0 Å². The number of nitrogens with zero attached hydrogens (tertiary/aromatic N) is 3. The number of carbonyl (C=O) groups excluding carboxylic acids is 2. The molecule has 0 atom stereocenters. The van der Waals surface area contributed by atoms with Crippen LogP contribution in [-0.2, 0) is 22.7 Å². The molecule has 2 N–H and O–H groups in total. The van der Waals surface area contributed by atoms with Gasteiger partial charge in [-0.1, -0.05) is 0 Å². The van der Waals surface area contributed by atoms with Gasteiger partial charge in [0.15, 0.2) is 0 Å². The summed E-state index contributed by atoms with van der Waals surface area (Å²) in [4.78, 5) is 44.0. The number of aromatic nitrogens is 2. The van der Waals surface area contributed by atoms with Crippen molar-refractivity contribution in [3.8, 4) is 0 Å². The Labute approximate surface area is 143 Å². The Bertz CT molecular complexity index is 853. The van der Waals surface area contributed by atoms with E-state index < -0.39 is 5.91 Å². The lowest BCUT2D eigenvalue weighted by molar-refractivity contribution is -0.128. The summed E-state index contributed by atoms with van der Waals surface area (Å²) in [7, 11) is 3.73. The molecule has 2 rings (SSSR count). The number of carbonyl (C=O) groups is 2. The molecule has 0 spiro atoms. The quantitative estimate of drug-likeness (QED) is 0.773. The highest BCUT2D eigenvalue weighted by atomic mass is 32.1. The molecule has 0 saturated carbocycles. The van der Waals surface area contributed by atoms with Crippen LogP contribution in [0.1, 0.15) is 23.2 Å². The topological polar surface area (TPSA) is 96.3 Å². The van der Waals surface area contributed by atoms with Gasteiger partial charge >= 0.3 is 0 Å². The van der Waals surface area contributed by atoms with E-state index in [9.17, 15) is 14.4 Å². The molecule has 9 heteroatoms. The maximum atomic E-state index is 12.9. The average Bonchev–Trinajstić information content (AvgIpc) is 2.75. The van der Waals surface area contributed by atoms with Crippen LogP contribution in [0.15, 0.2) is 4.79 Å². The van der Waals surface area contributed by atoms with Crippen molar-refractivity contribution in [1.29, 1.82) is 0 Å².